The van der Waals surface area contributed by atoms with E-state index in [-0.39, 0.29) is 0 Å². The molecule has 1 unspecified atom stereocenters. The minimum absolute atomic E-state index is 0.670. The summed E-state index contributed by atoms with van der Waals surface area (Å²) in [6.45, 7) is 6.11. The zero-order chi connectivity index (χ0) is 12.5. The first-order valence-corrected chi connectivity index (χ1v) is 6.62. The van der Waals surface area contributed by atoms with E-state index in [4.69, 9.17) is 10.7 Å². The SMILES string of the molecule is Cc1cccn2cc(CN3CCC(CN)C3)nc12. The molecule has 0 bridgehead atoms. The summed E-state index contributed by atoms with van der Waals surface area (Å²) in [5.74, 6) is 0.670. The fourth-order valence-electron chi connectivity index (χ4n) is 2.76. The van der Waals surface area contributed by atoms with Crippen LogP contribution in [0, 0.1) is 12.8 Å². The molecule has 0 saturated carbocycles. The zero-order valence-electron chi connectivity index (χ0n) is 10.8. The third-order valence-electron chi connectivity index (χ3n) is 3.82. The Morgan fingerprint density at radius 1 is 1.50 bits per heavy atom. The van der Waals surface area contributed by atoms with Gasteiger partial charge in [-0.05, 0) is 44.0 Å². The standard InChI is InChI=1S/C14H20N4/c1-11-3-2-5-18-10-13(16-14(11)18)9-17-6-4-12(7-15)8-17/h2-3,5,10,12H,4,6-9,15H2,1H3. The highest BCUT2D eigenvalue weighted by Gasteiger charge is 2.21. The summed E-state index contributed by atoms with van der Waals surface area (Å²) in [6, 6.07) is 4.17. The van der Waals surface area contributed by atoms with Gasteiger partial charge in [0.25, 0.3) is 0 Å². The molecule has 0 spiro atoms. The van der Waals surface area contributed by atoms with Gasteiger partial charge in [-0.1, -0.05) is 6.07 Å². The van der Waals surface area contributed by atoms with E-state index in [0.29, 0.717) is 5.92 Å². The lowest BCUT2D eigenvalue weighted by Gasteiger charge is -2.13. The van der Waals surface area contributed by atoms with Crippen LogP contribution < -0.4 is 5.73 Å². The molecule has 0 aliphatic carbocycles. The molecule has 96 valence electrons. The van der Waals surface area contributed by atoms with E-state index >= 15 is 0 Å². The van der Waals surface area contributed by atoms with Crippen molar-refractivity contribution in [1.82, 2.24) is 14.3 Å². The average molecular weight is 244 g/mol. The van der Waals surface area contributed by atoms with Crippen molar-refractivity contribution in [2.24, 2.45) is 11.7 Å². The fourth-order valence-corrected chi connectivity index (χ4v) is 2.76. The van der Waals surface area contributed by atoms with Crippen molar-refractivity contribution in [3.63, 3.8) is 0 Å². The summed E-state index contributed by atoms with van der Waals surface area (Å²) in [7, 11) is 0. The highest BCUT2D eigenvalue weighted by Crippen LogP contribution is 2.18. The van der Waals surface area contributed by atoms with Crippen LogP contribution in [0.25, 0.3) is 5.65 Å². The highest BCUT2D eigenvalue weighted by atomic mass is 15.2. The number of nitrogens with zero attached hydrogens (tertiary/aromatic N) is 3. The summed E-state index contributed by atoms with van der Waals surface area (Å²) < 4.78 is 2.11. The summed E-state index contributed by atoms with van der Waals surface area (Å²) in [4.78, 5) is 7.17. The first-order valence-electron chi connectivity index (χ1n) is 6.62. The van der Waals surface area contributed by atoms with E-state index in [1.807, 2.05) is 0 Å². The lowest BCUT2D eigenvalue weighted by Crippen LogP contribution is -2.22. The van der Waals surface area contributed by atoms with Crippen molar-refractivity contribution in [1.29, 1.82) is 0 Å². The van der Waals surface area contributed by atoms with Gasteiger partial charge in [-0.2, -0.15) is 0 Å². The number of aryl methyl sites for hydroxylation is 1. The molecule has 2 N–H and O–H groups in total. The summed E-state index contributed by atoms with van der Waals surface area (Å²) in [6.07, 6.45) is 5.42. The Morgan fingerprint density at radius 2 is 2.39 bits per heavy atom. The minimum Gasteiger partial charge on any atom is -0.330 e. The lowest BCUT2D eigenvalue weighted by molar-refractivity contribution is 0.314. The summed E-state index contributed by atoms with van der Waals surface area (Å²) in [5, 5.41) is 0. The molecule has 1 saturated heterocycles. The fraction of sp³-hybridized carbons (Fsp3) is 0.500. The maximum atomic E-state index is 5.72. The van der Waals surface area contributed by atoms with Gasteiger partial charge in [0.05, 0.1) is 5.69 Å². The minimum atomic E-state index is 0.670. The Kier molecular flexibility index (Phi) is 3.06. The number of aromatic nitrogens is 2. The predicted octanol–water partition coefficient (Wildman–Crippen LogP) is 1.42. The van der Waals surface area contributed by atoms with Gasteiger partial charge < -0.3 is 10.1 Å². The molecule has 0 radical (unpaired) electrons. The largest absolute Gasteiger partial charge is 0.330 e. The third kappa shape index (κ3) is 2.13. The number of nitrogens with two attached hydrogens (primary N) is 1. The number of pyridine rings is 1. The monoisotopic (exact) mass is 244 g/mol. The number of imidazole rings is 1. The number of likely N-dealkylation sites (tertiary alicyclic amines) is 1. The number of hydrogen-bond donors (Lipinski definition) is 1. The molecule has 1 fully saturated rings. The third-order valence-corrected chi connectivity index (χ3v) is 3.82. The molecule has 0 amide bonds. The second-order valence-electron chi connectivity index (χ2n) is 5.28. The molecule has 3 heterocycles. The van der Waals surface area contributed by atoms with Gasteiger partial charge in [-0.15, -0.1) is 0 Å². The van der Waals surface area contributed by atoms with Crippen LogP contribution in [0.2, 0.25) is 0 Å². The van der Waals surface area contributed by atoms with Gasteiger partial charge in [0, 0.05) is 25.5 Å². The average Bonchev–Trinajstić information content (AvgIpc) is 2.96. The van der Waals surface area contributed by atoms with E-state index in [1.165, 1.54) is 12.0 Å². The molecule has 0 aromatic carbocycles. The van der Waals surface area contributed by atoms with Gasteiger partial charge in [0.2, 0.25) is 0 Å². The van der Waals surface area contributed by atoms with Crippen molar-refractivity contribution < 1.29 is 0 Å². The second kappa shape index (κ2) is 4.71. The zero-order valence-corrected chi connectivity index (χ0v) is 10.8. The van der Waals surface area contributed by atoms with E-state index in [0.717, 1.165) is 37.5 Å². The smallest absolute Gasteiger partial charge is 0.139 e. The quantitative estimate of drug-likeness (QED) is 0.888. The second-order valence-corrected chi connectivity index (χ2v) is 5.28. The molecular formula is C14H20N4. The number of fused-ring (bicyclic) bond motifs is 1. The molecule has 1 atom stereocenters. The van der Waals surface area contributed by atoms with Crippen LogP contribution in [-0.4, -0.2) is 33.9 Å². The maximum absolute atomic E-state index is 5.72. The highest BCUT2D eigenvalue weighted by molar-refractivity contribution is 5.47. The van der Waals surface area contributed by atoms with Crippen molar-refractivity contribution in [3.05, 3.63) is 35.8 Å². The maximum Gasteiger partial charge on any atom is 0.139 e. The van der Waals surface area contributed by atoms with Crippen molar-refractivity contribution in [3.8, 4) is 0 Å². The van der Waals surface area contributed by atoms with Crippen LogP contribution >= 0.6 is 0 Å². The molecule has 2 aromatic heterocycles. The van der Waals surface area contributed by atoms with Gasteiger partial charge in [-0.25, -0.2) is 4.98 Å². The Labute approximate surface area is 107 Å². The topological polar surface area (TPSA) is 46.6 Å². The molecule has 18 heavy (non-hydrogen) atoms. The first kappa shape index (κ1) is 11.7. The Balaban J connectivity index is 1.77. The van der Waals surface area contributed by atoms with Crippen molar-refractivity contribution >= 4 is 5.65 Å². The molecule has 1 aliphatic heterocycles. The normalized spacial score (nSPS) is 20.9. The Bertz CT molecular complexity index is 546. The lowest BCUT2D eigenvalue weighted by atomic mass is 10.1. The van der Waals surface area contributed by atoms with Crippen LogP contribution in [0.15, 0.2) is 24.5 Å². The molecule has 3 rings (SSSR count). The number of hydrogen-bond acceptors (Lipinski definition) is 3. The molecule has 2 aromatic rings. The van der Waals surface area contributed by atoms with Crippen molar-refractivity contribution in [2.45, 2.75) is 19.9 Å². The van der Waals surface area contributed by atoms with E-state index in [1.54, 1.807) is 0 Å². The number of rotatable bonds is 3. The van der Waals surface area contributed by atoms with Crippen LogP contribution in [0.5, 0.6) is 0 Å². The Morgan fingerprint density at radius 3 is 3.11 bits per heavy atom. The first-order chi connectivity index (χ1) is 8.76. The molecular weight excluding hydrogens is 224 g/mol. The van der Waals surface area contributed by atoms with Gasteiger partial charge in [-0.3, -0.25) is 4.90 Å². The van der Waals surface area contributed by atoms with Crippen LogP contribution in [-0.2, 0) is 6.54 Å². The van der Waals surface area contributed by atoms with E-state index < -0.39 is 0 Å². The van der Waals surface area contributed by atoms with E-state index in [2.05, 4.69) is 40.8 Å². The Hall–Kier alpha value is -1.39. The van der Waals surface area contributed by atoms with Crippen molar-refractivity contribution in [2.75, 3.05) is 19.6 Å². The van der Waals surface area contributed by atoms with Gasteiger partial charge in [0.1, 0.15) is 5.65 Å². The van der Waals surface area contributed by atoms with Crippen LogP contribution in [0.3, 0.4) is 0 Å². The van der Waals surface area contributed by atoms with Gasteiger partial charge in [0.15, 0.2) is 0 Å². The predicted molar refractivity (Wildman–Crippen MR) is 72.4 cm³/mol. The van der Waals surface area contributed by atoms with E-state index in [9.17, 15) is 0 Å². The summed E-state index contributed by atoms with van der Waals surface area (Å²) >= 11 is 0. The van der Waals surface area contributed by atoms with Gasteiger partial charge >= 0.3 is 0 Å². The molecule has 4 nitrogen and oxygen atoms in total. The molecule has 4 heteroatoms. The summed E-state index contributed by atoms with van der Waals surface area (Å²) in [5.41, 5.74) is 9.18. The van der Waals surface area contributed by atoms with Crippen LogP contribution in [0.1, 0.15) is 17.7 Å². The molecule has 1 aliphatic rings. The van der Waals surface area contributed by atoms with Crippen LogP contribution in [0.4, 0.5) is 0 Å².